The summed E-state index contributed by atoms with van der Waals surface area (Å²) in [6.45, 7) is 2.15. The molecule has 0 unspecified atom stereocenters. The predicted molar refractivity (Wildman–Crippen MR) is 96.0 cm³/mol. The molecule has 0 radical (unpaired) electrons. The van der Waals surface area contributed by atoms with Crippen molar-refractivity contribution in [2.45, 2.75) is 18.8 Å². The molecule has 4 aromatic rings. The summed E-state index contributed by atoms with van der Waals surface area (Å²) in [5.41, 5.74) is 5.32. The molecule has 0 aliphatic carbocycles. The van der Waals surface area contributed by atoms with Gasteiger partial charge >= 0.3 is 0 Å². The highest BCUT2D eigenvalue weighted by molar-refractivity contribution is 5.95. The molecule has 3 N–H and O–H groups in total. The van der Waals surface area contributed by atoms with Crippen LogP contribution >= 0.6 is 0 Å². The number of aromatic nitrogens is 4. The van der Waals surface area contributed by atoms with E-state index in [1.807, 2.05) is 12.3 Å². The molecule has 0 spiro atoms. The second kappa shape index (κ2) is 5.46. The lowest BCUT2D eigenvalue weighted by Gasteiger charge is -2.22. The molecule has 1 aromatic carbocycles. The Morgan fingerprint density at radius 3 is 2.75 bits per heavy atom. The Labute approximate surface area is 139 Å². The number of aromatic amines is 2. The SMILES string of the molecule is c1ccc2[nH]c(-c3n[nH]c4cnc(C5CCNCC5)cc34)cc2c1. The average molecular weight is 317 g/mol. The molecule has 0 atom stereocenters. The first-order valence-corrected chi connectivity index (χ1v) is 8.51. The van der Waals surface area contributed by atoms with Gasteiger partial charge in [-0.15, -0.1) is 0 Å². The van der Waals surface area contributed by atoms with E-state index >= 15 is 0 Å². The zero-order valence-electron chi connectivity index (χ0n) is 13.3. The van der Waals surface area contributed by atoms with Crippen LogP contribution in [0.5, 0.6) is 0 Å². The highest BCUT2D eigenvalue weighted by Gasteiger charge is 2.18. The summed E-state index contributed by atoms with van der Waals surface area (Å²) in [5.74, 6) is 0.543. The van der Waals surface area contributed by atoms with Crippen LogP contribution in [0.2, 0.25) is 0 Å². The van der Waals surface area contributed by atoms with E-state index in [1.165, 1.54) is 11.1 Å². The zero-order valence-corrected chi connectivity index (χ0v) is 13.3. The predicted octanol–water partition coefficient (Wildman–Crippen LogP) is 3.57. The molecule has 3 aromatic heterocycles. The van der Waals surface area contributed by atoms with Gasteiger partial charge in [0.05, 0.1) is 17.4 Å². The van der Waals surface area contributed by atoms with Crippen LogP contribution < -0.4 is 5.32 Å². The van der Waals surface area contributed by atoms with E-state index in [9.17, 15) is 0 Å². The number of H-pyrrole nitrogens is 2. The maximum atomic E-state index is 4.67. The zero-order chi connectivity index (χ0) is 15.9. The minimum Gasteiger partial charge on any atom is -0.353 e. The number of hydrogen-bond acceptors (Lipinski definition) is 3. The molecule has 120 valence electrons. The Balaban J connectivity index is 1.62. The minimum atomic E-state index is 0.543. The van der Waals surface area contributed by atoms with Crippen LogP contribution in [0, 0.1) is 0 Å². The number of pyridine rings is 1. The smallest absolute Gasteiger partial charge is 0.116 e. The van der Waals surface area contributed by atoms with Gasteiger partial charge in [-0.05, 0) is 44.1 Å². The fourth-order valence-electron chi connectivity index (χ4n) is 3.68. The molecular weight excluding hydrogens is 298 g/mol. The Hall–Kier alpha value is -2.66. The van der Waals surface area contributed by atoms with Gasteiger partial charge in [0.25, 0.3) is 0 Å². The van der Waals surface area contributed by atoms with Crippen LogP contribution in [0.15, 0.2) is 42.6 Å². The highest BCUT2D eigenvalue weighted by Crippen LogP contribution is 2.31. The Morgan fingerprint density at radius 2 is 1.88 bits per heavy atom. The largest absolute Gasteiger partial charge is 0.353 e. The van der Waals surface area contributed by atoms with Crippen LogP contribution in [-0.4, -0.2) is 33.3 Å². The number of rotatable bonds is 2. The van der Waals surface area contributed by atoms with Crippen molar-refractivity contribution in [1.29, 1.82) is 0 Å². The van der Waals surface area contributed by atoms with E-state index in [0.717, 1.165) is 53.7 Å². The fraction of sp³-hybridized carbons (Fsp3) is 0.263. The number of nitrogens with one attached hydrogen (secondary N) is 3. The van der Waals surface area contributed by atoms with Crippen molar-refractivity contribution < 1.29 is 0 Å². The maximum Gasteiger partial charge on any atom is 0.116 e. The van der Waals surface area contributed by atoms with Crippen LogP contribution in [0.4, 0.5) is 0 Å². The van der Waals surface area contributed by atoms with Crippen molar-refractivity contribution in [3.8, 4) is 11.4 Å². The standard InChI is InChI=1S/C19H19N5/c1-2-4-15-13(3-1)9-17(22-15)19-14-10-16(12-5-7-20-8-6-12)21-11-18(14)23-24-19/h1-4,9-12,20,22H,5-8H2,(H,23,24). The summed E-state index contributed by atoms with van der Waals surface area (Å²) < 4.78 is 0. The molecule has 5 heteroatoms. The molecule has 1 aliphatic rings. The topological polar surface area (TPSA) is 69.4 Å². The second-order valence-corrected chi connectivity index (χ2v) is 6.52. The van der Waals surface area contributed by atoms with Gasteiger partial charge in [-0.3, -0.25) is 10.1 Å². The third kappa shape index (κ3) is 2.20. The van der Waals surface area contributed by atoms with Crippen molar-refractivity contribution in [3.05, 3.63) is 48.3 Å². The molecule has 0 bridgehead atoms. The normalized spacial score (nSPS) is 16.2. The third-order valence-corrected chi connectivity index (χ3v) is 5.01. The van der Waals surface area contributed by atoms with Gasteiger partial charge in [-0.25, -0.2) is 0 Å². The Kier molecular flexibility index (Phi) is 3.13. The first-order valence-electron chi connectivity index (χ1n) is 8.51. The summed E-state index contributed by atoms with van der Waals surface area (Å²) >= 11 is 0. The van der Waals surface area contributed by atoms with Crippen molar-refractivity contribution in [3.63, 3.8) is 0 Å². The van der Waals surface area contributed by atoms with E-state index < -0.39 is 0 Å². The highest BCUT2D eigenvalue weighted by atomic mass is 15.1. The summed E-state index contributed by atoms with van der Waals surface area (Å²) in [6, 6.07) is 12.7. The quantitative estimate of drug-likeness (QED) is 0.529. The second-order valence-electron chi connectivity index (χ2n) is 6.52. The van der Waals surface area contributed by atoms with Crippen LogP contribution in [0.3, 0.4) is 0 Å². The Morgan fingerprint density at radius 1 is 1.00 bits per heavy atom. The molecule has 5 rings (SSSR count). The van der Waals surface area contributed by atoms with Gasteiger partial charge in [0, 0.05) is 27.9 Å². The van der Waals surface area contributed by atoms with Crippen LogP contribution in [-0.2, 0) is 0 Å². The number of piperidine rings is 1. The van der Waals surface area contributed by atoms with E-state index in [4.69, 9.17) is 0 Å². The number of hydrogen-bond donors (Lipinski definition) is 3. The first-order chi connectivity index (χ1) is 11.9. The number of para-hydroxylation sites is 1. The third-order valence-electron chi connectivity index (χ3n) is 5.01. The average Bonchev–Trinajstić information content (AvgIpc) is 3.25. The summed E-state index contributed by atoms with van der Waals surface area (Å²) in [6.07, 6.45) is 4.22. The molecule has 0 saturated carbocycles. The van der Waals surface area contributed by atoms with Gasteiger partial charge < -0.3 is 10.3 Å². The maximum absolute atomic E-state index is 4.67. The molecule has 4 heterocycles. The first kappa shape index (κ1) is 13.7. The Bertz CT molecular complexity index is 974. The minimum absolute atomic E-state index is 0.543. The molecule has 1 aliphatic heterocycles. The fourth-order valence-corrected chi connectivity index (χ4v) is 3.68. The van der Waals surface area contributed by atoms with E-state index in [-0.39, 0.29) is 0 Å². The van der Waals surface area contributed by atoms with Crippen molar-refractivity contribution in [1.82, 2.24) is 25.5 Å². The summed E-state index contributed by atoms with van der Waals surface area (Å²) in [4.78, 5) is 8.15. The lowest BCUT2D eigenvalue weighted by Crippen LogP contribution is -2.27. The molecule has 0 amide bonds. The lowest BCUT2D eigenvalue weighted by atomic mass is 9.93. The van der Waals surface area contributed by atoms with Crippen molar-refractivity contribution in [2.75, 3.05) is 13.1 Å². The van der Waals surface area contributed by atoms with Gasteiger partial charge in [-0.2, -0.15) is 5.10 Å². The number of benzene rings is 1. The monoisotopic (exact) mass is 317 g/mol. The van der Waals surface area contributed by atoms with E-state index in [1.54, 1.807) is 0 Å². The number of nitrogens with zero attached hydrogens (tertiary/aromatic N) is 2. The molecule has 1 saturated heterocycles. The molecule has 24 heavy (non-hydrogen) atoms. The lowest BCUT2D eigenvalue weighted by molar-refractivity contribution is 0.453. The van der Waals surface area contributed by atoms with Crippen molar-refractivity contribution >= 4 is 21.8 Å². The van der Waals surface area contributed by atoms with Gasteiger partial charge in [0.1, 0.15) is 5.69 Å². The summed E-state index contributed by atoms with van der Waals surface area (Å²) in [5, 5.41) is 13.4. The van der Waals surface area contributed by atoms with Crippen LogP contribution in [0.1, 0.15) is 24.5 Å². The molecule has 5 nitrogen and oxygen atoms in total. The molecular formula is C19H19N5. The van der Waals surface area contributed by atoms with Crippen LogP contribution in [0.25, 0.3) is 33.2 Å². The van der Waals surface area contributed by atoms with Gasteiger partial charge in [-0.1, -0.05) is 18.2 Å². The van der Waals surface area contributed by atoms with Crippen molar-refractivity contribution in [2.24, 2.45) is 0 Å². The summed E-state index contributed by atoms with van der Waals surface area (Å²) in [7, 11) is 0. The number of fused-ring (bicyclic) bond motifs is 2. The molecule has 1 fully saturated rings. The van der Waals surface area contributed by atoms with E-state index in [2.05, 4.69) is 55.8 Å². The van der Waals surface area contributed by atoms with Gasteiger partial charge in [0.2, 0.25) is 0 Å². The van der Waals surface area contributed by atoms with Gasteiger partial charge in [0.15, 0.2) is 0 Å². The van der Waals surface area contributed by atoms with E-state index in [0.29, 0.717) is 5.92 Å².